The van der Waals surface area contributed by atoms with Crippen molar-refractivity contribution in [1.82, 2.24) is 24.9 Å². The molecule has 2 heterocycles. The first kappa shape index (κ1) is 21.5. The zero-order chi connectivity index (χ0) is 21.8. The van der Waals surface area contributed by atoms with E-state index in [-0.39, 0.29) is 17.5 Å². The molecule has 0 saturated heterocycles. The van der Waals surface area contributed by atoms with Crippen molar-refractivity contribution in [3.8, 4) is 0 Å². The van der Waals surface area contributed by atoms with Crippen molar-refractivity contribution < 1.29 is 14.4 Å². The number of nitrogens with one attached hydrogen (secondary N) is 1. The van der Waals surface area contributed by atoms with E-state index in [0.29, 0.717) is 31.9 Å². The average Bonchev–Trinajstić information content (AvgIpc) is 3.11. The van der Waals surface area contributed by atoms with Gasteiger partial charge in [0.1, 0.15) is 11.7 Å². The molecule has 2 aromatic rings. The lowest BCUT2D eigenvalue weighted by Gasteiger charge is -2.20. The summed E-state index contributed by atoms with van der Waals surface area (Å²) in [4.78, 5) is 41.2. The molecule has 1 atom stereocenters. The second kappa shape index (κ2) is 9.11. The molecule has 3 amide bonds. The van der Waals surface area contributed by atoms with Crippen molar-refractivity contribution in [1.29, 1.82) is 0 Å². The predicted molar refractivity (Wildman–Crippen MR) is 113 cm³/mol. The van der Waals surface area contributed by atoms with Gasteiger partial charge < -0.3 is 15.1 Å². The third-order valence-corrected chi connectivity index (χ3v) is 5.38. The number of likely N-dealkylation sites (N-methyl/N-ethyl adjacent to an activating group) is 1. The van der Waals surface area contributed by atoms with E-state index in [1.54, 1.807) is 28.5 Å². The Kier molecular flexibility index (Phi) is 6.54. The van der Waals surface area contributed by atoms with E-state index in [2.05, 4.69) is 10.4 Å². The van der Waals surface area contributed by atoms with E-state index in [9.17, 15) is 14.4 Å². The summed E-state index contributed by atoms with van der Waals surface area (Å²) < 4.78 is 1.59. The maximum absolute atomic E-state index is 13.1. The Morgan fingerprint density at radius 1 is 1.23 bits per heavy atom. The molecule has 1 N–H and O–H groups in total. The highest BCUT2D eigenvalue weighted by Crippen LogP contribution is 2.17. The fraction of sp³-hybridized carbons (Fsp3) is 0.455. The molecule has 1 aromatic heterocycles. The third-order valence-electron chi connectivity index (χ3n) is 5.38. The summed E-state index contributed by atoms with van der Waals surface area (Å²) in [6.07, 6.45) is 0.753. The number of carbonyl (C=O) groups is 3. The van der Waals surface area contributed by atoms with Gasteiger partial charge in [0.15, 0.2) is 5.69 Å². The second-order valence-electron chi connectivity index (χ2n) is 7.75. The Labute approximate surface area is 176 Å². The Morgan fingerprint density at radius 3 is 2.60 bits per heavy atom. The monoisotopic (exact) mass is 411 g/mol. The number of hydrogen-bond acceptors (Lipinski definition) is 4. The Hall–Kier alpha value is -3.16. The highest BCUT2D eigenvalue weighted by atomic mass is 16.2. The second-order valence-corrected chi connectivity index (χ2v) is 7.75. The molecule has 0 fully saturated rings. The van der Waals surface area contributed by atoms with Crippen LogP contribution < -0.4 is 5.32 Å². The predicted octanol–water partition coefficient (Wildman–Crippen LogP) is 1.83. The molecule has 0 saturated carbocycles. The van der Waals surface area contributed by atoms with E-state index in [1.165, 1.54) is 11.6 Å². The molecule has 1 unspecified atom stereocenters. The molecular weight excluding hydrogens is 382 g/mol. The van der Waals surface area contributed by atoms with Gasteiger partial charge in [0.05, 0.1) is 0 Å². The normalized spacial score (nSPS) is 14.7. The lowest BCUT2D eigenvalue weighted by atomic mass is 10.1. The van der Waals surface area contributed by atoms with E-state index in [1.807, 2.05) is 38.1 Å². The van der Waals surface area contributed by atoms with Crippen molar-refractivity contribution in [2.45, 2.75) is 46.3 Å². The van der Waals surface area contributed by atoms with E-state index in [0.717, 1.165) is 12.0 Å². The number of rotatable bonds is 6. The summed E-state index contributed by atoms with van der Waals surface area (Å²) in [6, 6.07) is 8.96. The van der Waals surface area contributed by atoms with Gasteiger partial charge in [-0.2, -0.15) is 5.10 Å². The largest absolute Gasteiger partial charge is 0.344 e. The van der Waals surface area contributed by atoms with Crippen molar-refractivity contribution in [3.63, 3.8) is 0 Å². The highest BCUT2D eigenvalue weighted by Gasteiger charge is 2.27. The van der Waals surface area contributed by atoms with Gasteiger partial charge in [0.2, 0.25) is 5.91 Å². The number of amides is 3. The van der Waals surface area contributed by atoms with E-state index >= 15 is 0 Å². The molecule has 8 nitrogen and oxygen atoms in total. The molecule has 160 valence electrons. The summed E-state index contributed by atoms with van der Waals surface area (Å²) in [6.45, 7) is 7.80. The molecule has 1 aliphatic heterocycles. The molecule has 3 rings (SSSR count). The van der Waals surface area contributed by atoms with Gasteiger partial charge in [0.25, 0.3) is 11.8 Å². The van der Waals surface area contributed by atoms with Gasteiger partial charge in [-0.25, -0.2) is 0 Å². The number of hydrogen-bond donors (Lipinski definition) is 1. The van der Waals surface area contributed by atoms with Crippen LogP contribution >= 0.6 is 0 Å². The van der Waals surface area contributed by atoms with Gasteiger partial charge in [0, 0.05) is 39.3 Å². The van der Waals surface area contributed by atoms with Crippen molar-refractivity contribution in [3.05, 3.63) is 52.8 Å². The Morgan fingerprint density at radius 2 is 1.93 bits per heavy atom. The van der Waals surface area contributed by atoms with Gasteiger partial charge in [-0.3, -0.25) is 19.1 Å². The lowest BCUT2D eigenvalue weighted by Crippen LogP contribution is -2.45. The maximum Gasteiger partial charge on any atom is 0.272 e. The van der Waals surface area contributed by atoms with E-state index < -0.39 is 11.9 Å². The molecule has 30 heavy (non-hydrogen) atoms. The third kappa shape index (κ3) is 4.69. The lowest BCUT2D eigenvalue weighted by molar-refractivity contribution is -0.131. The number of aromatic nitrogens is 2. The van der Waals surface area contributed by atoms with Crippen molar-refractivity contribution >= 4 is 17.7 Å². The van der Waals surface area contributed by atoms with Crippen molar-refractivity contribution in [2.24, 2.45) is 0 Å². The first-order valence-electron chi connectivity index (χ1n) is 10.3. The smallest absolute Gasteiger partial charge is 0.272 e. The first-order valence-corrected chi connectivity index (χ1v) is 10.3. The summed E-state index contributed by atoms with van der Waals surface area (Å²) in [5.41, 5.74) is 2.78. The van der Waals surface area contributed by atoms with Crippen LogP contribution in [0.4, 0.5) is 0 Å². The maximum atomic E-state index is 13.1. The number of fused-ring (bicyclic) bond motifs is 1. The topological polar surface area (TPSA) is 87.5 Å². The standard InChI is InChI=1S/C22H29N5O3/c1-5-25(4)21(29)16(3)23-20(28)18-13-19-22(30)26(11-6-12-27(19)24-18)14-17-9-7-15(2)8-10-17/h7-10,13,16H,5-6,11-12,14H2,1-4H3,(H,23,28). The molecule has 1 aromatic carbocycles. The van der Waals surface area contributed by atoms with Crippen LogP contribution in [0.15, 0.2) is 30.3 Å². The van der Waals surface area contributed by atoms with Gasteiger partial charge in [-0.05, 0) is 32.8 Å². The molecule has 0 spiro atoms. The zero-order valence-corrected chi connectivity index (χ0v) is 18.0. The number of aryl methyl sites for hydroxylation is 2. The van der Waals surface area contributed by atoms with Crippen LogP contribution in [0.5, 0.6) is 0 Å². The van der Waals surface area contributed by atoms with Crippen LogP contribution in [0.2, 0.25) is 0 Å². The number of nitrogens with zero attached hydrogens (tertiary/aromatic N) is 4. The Balaban J connectivity index is 1.73. The average molecular weight is 412 g/mol. The quantitative estimate of drug-likeness (QED) is 0.786. The molecule has 0 bridgehead atoms. The minimum Gasteiger partial charge on any atom is -0.344 e. The molecule has 1 aliphatic rings. The molecule has 0 aliphatic carbocycles. The Bertz CT molecular complexity index is 935. The SMILES string of the molecule is CCN(C)C(=O)C(C)NC(=O)c1cc2n(n1)CCCN(Cc1ccc(C)cc1)C2=O. The van der Waals surface area contributed by atoms with Crippen LogP contribution in [-0.4, -0.2) is 63.5 Å². The van der Waals surface area contributed by atoms with Crippen LogP contribution in [0.3, 0.4) is 0 Å². The van der Waals surface area contributed by atoms with Crippen LogP contribution in [-0.2, 0) is 17.9 Å². The van der Waals surface area contributed by atoms with E-state index in [4.69, 9.17) is 0 Å². The van der Waals surface area contributed by atoms with Crippen LogP contribution in [0, 0.1) is 6.92 Å². The number of carbonyl (C=O) groups excluding carboxylic acids is 3. The molecular formula is C22H29N5O3. The summed E-state index contributed by atoms with van der Waals surface area (Å²) in [5.74, 6) is -0.778. The van der Waals surface area contributed by atoms with Crippen molar-refractivity contribution in [2.75, 3.05) is 20.1 Å². The first-order chi connectivity index (χ1) is 14.3. The van der Waals surface area contributed by atoms with Crippen LogP contribution in [0.25, 0.3) is 0 Å². The summed E-state index contributed by atoms with van der Waals surface area (Å²) in [5, 5.41) is 7.00. The zero-order valence-electron chi connectivity index (χ0n) is 18.0. The van der Waals surface area contributed by atoms with Gasteiger partial charge >= 0.3 is 0 Å². The number of benzene rings is 1. The molecule has 8 heteroatoms. The van der Waals surface area contributed by atoms with Gasteiger partial charge in [-0.1, -0.05) is 29.8 Å². The fourth-order valence-corrected chi connectivity index (χ4v) is 3.43. The molecule has 0 radical (unpaired) electrons. The minimum absolute atomic E-state index is 0.144. The summed E-state index contributed by atoms with van der Waals surface area (Å²) >= 11 is 0. The highest BCUT2D eigenvalue weighted by molar-refractivity contribution is 5.99. The fourth-order valence-electron chi connectivity index (χ4n) is 3.43. The van der Waals surface area contributed by atoms with Gasteiger partial charge in [-0.15, -0.1) is 0 Å². The minimum atomic E-state index is -0.669. The van der Waals surface area contributed by atoms with Crippen LogP contribution in [0.1, 0.15) is 52.4 Å². The summed E-state index contributed by atoms with van der Waals surface area (Å²) in [7, 11) is 1.69.